The maximum atomic E-state index is 13.3. The molecule has 19 heteroatoms. The van der Waals surface area contributed by atoms with Crippen molar-refractivity contribution < 1.29 is 43.6 Å². The summed E-state index contributed by atoms with van der Waals surface area (Å²) in [6.07, 6.45) is 2.28. The number of nitrogens with one attached hydrogen (secondary N) is 2. The molecule has 0 spiro atoms. The predicted molar refractivity (Wildman–Crippen MR) is 167 cm³/mol. The van der Waals surface area contributed by atoms with E-state index in [9.17, 15) is 29.1 Å². The summed E-state index contributed by atoms with van der Waals surface area (Å²) >= 11 is 8.30. The lowest BCUT2D eigenvalue weighted by molar-refractivity contribution is -0.663. The highest BCUT2D eigenvalue weighted by Gasteiger charge is 2.55. The summed E-state index contributed by atoms with van der Waals surface area (Å²) in [7, 11) is 0. The molecular formula is C27H28ClN8O8S2+. The molecule has 0 unspecified atom stereocenters. The van der Waals surface area contributed by atoms with Crippen LogP contribution in [0.1, 0.15) is 19.5 Å². The average Bonchev–Trinajstić information content (AvgIpc) is 3.57. The van der Waals surface area contributed by atoms with Crippen molar-refractivity contribution in [3.8, 4) is 0 Å². The van der Waals surface area contributed by atoms with Crippen LogP contribution in [0.3, 0.4) is 0 Å². The number of rotatable bonds is 12. The van der Waals surface area contributed by atoms with E-state index in [1.54, 1.807) is 0 Å². The maximum absolute atomic E-state index is 13.3. The van der Waals surface area contributed by atoms with E-state index in [1.165, 1.54) is 25.6 Å². The van der Waals surface area contributed by atoms with Crippen molar-refractivity contribution in [3.63, 3.8) is 0 Å². The van der Waals surface area contributed by atoms with Crippen molar-refractivity contribution in [2.75, 3.05) is 18.0 Å². The van der Waals surface area contributed by atoms with E-state index in [-0.39, 0.29) is 39.1 Å². The van der Waals surface area contributed by atoms with E-state index in [0.29, 0.717) is 18.7 Å². The molecule has 0 bridgehead atoms. The van der Waals surface area contributed by atoms with E-state index in [2.05, 4.69) is 20.8 Å². The Bertz CT molecular complexity index is 1820. The first-order valence-electron chi connectivity index (χ1n) is 13.7. The Morgan fingerprint density at radius 1 is 1.30 bits per heavy atom. The number of hydrogen-bond donors (Lipinski definition) is 5. The molecule has 5 heterocycles. The lowest BCUT2D eigenvalue weighted by Gasteiger charge is -2.49. The van der Waals surface area contributed by atoms with Crippen molar-refractivity contribution in [1.82, 2.24) is 25.1 Å². The third kappa shape index (κ3) is 6.49. The van der Waals surface area contributed by atoms with Gasteiger partial charge in [0.1, 0.15) is 32.7 Å². The summed E-state index contributed by atoms with van der Waals surface area (Å²) in [5.41, 5.74) is 7.09. The Morgan fingerprint density at radius 2 is 2.07 bits per heavy atom. The zero-order valence-corrected chi connectivity index (χ0v) is 26.7. The topological polar surface area (TPSA) is 222 Å². The second-order valence-corrected chi connectivity index (χ2v) is 13.0. The Morgan fingerprint density at radius 3 is 2.72 bits per heavy atom. The molecule has 0 aromatic carbocycles. The van der Waals surface area contributed by atoms with Gasteiger partial charge in [-0.25, -0.2) is 14.6 Å². The normalized spacial score (nSPS) is 18.5. The van der Waals surface area contributed by atoms with Crippen LogP contribution in [0.25, 0.3) is 11.0 Å². The van der Waals surface area contributed by atoms with Gasteiger partial charge in [-0.1, -0.05) is 28.1 Å². The number of thiazole rings is 1. The molecular weight excluding hydrogens is 664 g/mol. The number of amides is 3. The lowest BCUT2D eigenvalue weighted by atomic mass is 10.0. The zero-order valence-electron chi connectivity index (χ0n) is 24.3. The van der Waals surface area contributed by atoms with Crippen LogP contribution in [0.15, 0.2) is 47.0 Å². The van der Waals surface area contributed by atoms with Gasteiger partial charge in [0.05, 0.1) is 0 Å². The Kier molecular flexibility index (Phi) is 9.50. The van der Waals surface area contributed by atoms with E-state index in [0.717, 1.165) is 27.3 Å². The van der Waals surface area contributed by atoms with Crippen LogP contribution in [0, 0.1) is 0 Å². The number of nitrogens with zero attached hydrogens (tertiary/aromatic N) is 5. The molecule has 16 nitrogen and oxygen atoms in total. The molecule has 3 atom stereocenters. The number of hydrogen-bond acceptors (Lipinski definition) is 11. The first-order valence-corrected chi connectivity index (χ1v) is 15.9. The molecule has 3 aromatic heterocycles. The largest absolute Gasteiger partial charge is 0.478 e. The zero-order chi connectivity index (χ0) is 33.3. The lowest BCUT2D eigenvalue weighted by Crippen LogP contribution is -2.71. The van der Waals surface area contributed by atoms with E-state index < -0.39 is 47.0 Å². The fourth-order valence-electron chi connectivity index (χ4n) is 4.95. The number of carbonyl (C=O) groups excluding carboxylic acids is 3. The maximum Gasteiger partial charge on any atom is 0.352 e. The fourth-order valence-corrected chi connectivity index (χ4v) is 7.22. The highest BCUT2D eigenvalue weighted by atomic mass is 35.5. The Labute approximate surface area is 273 Å². The fraction of sp³-hybridized carbons (Fsp3) is 0.333. The number of carboxylic acid groups (broad SMARTS) is 2. The van der Waals surface area contributed by atoms with Crippen LogP contribution in [0.2, 0.25) is 4.34 Å². The molecule has 0 aliphatic carbocycles. The minimum atomic E-state index is -1.42. The molecule has 2 aliphatic rings. The first kappa shape index (κ1) is 32.7. The predicted octanol–water partition coefficient (Wildman–Crippen LogP) is 0.390. The van der Waals surface area contributed by atoms with Gasteiger partial charge in [0.15, 0.2) is 23.6 Å². The molecule has 2 aliphatic heterocycles. The number of carbonyl (C=O) groups is 5. The van der Waals surface area contributed by atoms with Crippen LogP contribution in [-0.2, 0) is 41.9 Å². The smallest absolute Gasteiger partial charge is 0.352 e. The number of fused-ring (bicyclic) bond motifs is 2. The molecule has 5 rings (SSSR count). The summed E-state index contributed by atoms with van der Waals surface area (Å²) in [6, 6.07) is 4.52. The van der Waals surface area contributed by atoms with Crippen molar-refractivity contribution in [2.24, 2.45) is 5.16 Å². The number of nitrogen functional groups attached to an aromatic ring is 1. The summed E-state index contributed by atoms with van der Waals surface area (Å²) in [5, 5.41) is 27.5. The standard InChI is InChI=1S/C27H27ClN8O8S2/c1-12(25(40)41)44-33-18(17-21(28)46-27(29)32-17)22(38)31-19-23(39)36-20(26(42)43)14(11-45-24(19)36)10-35-7-3-4-15-16(35)5-8-34(15)9-6-30-13(2)37/h3-5,7-8,12,19,24H,6,9-11H2,1-2H3,(H5-,29,30,31,32,37,38,40,41,42,43)/p+1/b33-18-/t12-,19+,24+/m0/s1. The molecule has 1 saturated heterocycles. The molecule has 46 heavy (non-hydrogen) atoms. The van der Waals surface area contributed by atoms with Crippen molar-refractivity contribution in [1.29, 1.82) is 0 Å². The van der Waals surface area contributed by atoms with Gasteiger partial charge >= 0.3 is 11.9 Å². The third-order valence-corrected chi connectivity index (χ3v) is 9.55. The van der Waals surface area contributed by atoms with Crippen molar-refractivity contribution in [2.45, 2.75) is 44.5 Å². The number of oxime groups is 1. The van der Waals surface area contributed by atoms with E-state index in [4.69, 9.17) is 27.3 Å². The number of nitrogens with two attached hydrogens (primary N) is 1. The molecule has 6 N–H and O–H groups in total. The molecule has 0 radical (unpaired) electrons. The van der Waals surface area contributed by atoms with Crippen molar-refractivity contribution in [3.05, 3.63) is 51.9 Å². The van der Waals surface area contributed by atoms with Crippen LogP contribution in [0.5, 0.6) is 0 Å². The molecule has 3 aromatic rings. The number of halogens is 1. The van der Waals surface area contributed by atoms with Gasteiger partial charge in [0.2, 0.25) is 17.5 Å². The van der Waals surface area contributed by atoms with Gasteiger partial charge < -0.3 is 36.0 Å². The molecule has 1 fully saturated rings. The van der Waals surface area contributed by atoms with Gasteiger partial charge in [-0.15, -0.1) is 11.8 Å². The Balaban J connectivity index is 1.36. The second kappa shape index (κ2) is 13.4. The number of aliphatic carboxylic acids is 2. The SMILES string of the molecule is CC(=O)NCCn1ccc2c1ccc[n+]2CC1=C(C(=O)O)N2C(=O)[C@@H](NC(=O)/C(=N\O[C@@H](C)C(=O)O)c3nc(N)sc3Cl)[C@H]2SC1. The summed E-state index contributed by atoms with van der Waals surface area (Å²) in [4.78, 5) is 71.7. The minimum Gasteiger partial charge on any atom is -0.478 e. The highest BCUT2D eigenvalue weighted by Crippen LogP contribution is 2.40. The van der Waals surface area contributed by atoms with Crippen molar-refractivity contribution >= 4 is 86.2 Å². The molecule has 242 valence electrons. The summed E-state index contributed by atoms with van der Waals surface area (Å²) < 4.78 is 3.85. The van der Waals surface area contributed by atoms with Crippen LogP contribution in [-0.4, -0.2) is 89.9 Å². The van der Waals surface area contributed by atoms with Gasteiger partial charge in [0, 0.05) is 49.7 Å². The van der Waals surface area contributed by atoms with E-state index >= 15 is 0 Å². The number of thioether (sulfide) groups is 1. The summed E-state index contributed by atoms with van der Waals surface area (Å²) in [5.74, 6) is -4.10. The first-order chi connectivity index (χ1) is 21.9. The van der Waals surface area contributed by atoms with Gasteiger partial charge in [0.25, 0.3) is 11.8 Å². The van der Waals surface area contributed by atoms with Gasteiger partial charge in [-0.05, 0) is 13.0 Å². The van der Waals surface area contributed by atoms with Crippen LogP contribution >= 0.6 is 34.7 Å². The number of anilines is 1. The quantitative estimate of drug-likeness (QED) is 0.0756. The van der Waals surface area contributed by atoms with Gasteiger partial charge in [-0.3, -0.25) is 19.3 Å². The minimum absolute atomic E-state index is 0.0112. The monoisotopic (exact) mass is 691 g/mol. The number of aromatic nitrogens is 3. The Hall–Kier alpha value is -4.68. The molecule has 3 amide bonds. The van der Waals surface area contributed by atoms with Crippen LogP contribution in [0.4, 0.5) is 5.13 Å². The third-order valence-electron chi connectivity index (χ3n) is 7.13. The highest BCUT2D eigenvalue weighted by molar-refractivity contribution is 8.00. The number of pyridine rings is 1. The second-order valence-electron chi connectivity index (χ2n) is 10.2. The number of β-lactam (4-membered cyclic amide) rings is 1. The van der Waals surface area contributed by atoms with Gasteiger partial charge in [-0.2, -0.15) is 4.57 Å². The average molecular weight is 692 g/mol. The van der Waals surface area contributed by atoms with E-state index in [1.807, 2.05) is 39.7 Å². The van der Waals surface area contributed by atoms with Crippen LogP contribution < -0.4 is 20.9 Å². The summed E-state index contributed by atoms with van der Waals surface area (Å²) in [6.45, 7) is 3.83. The molecule has 0 saturated carbocycles. The number of carboxylic acids is 2.